The predicted molar refractivity (Wildman–Crippen MR) is 265 cm³/mol. The van der Waals surface area contributed by atoms with Gasteiger partial charge in [-0.1, -0.05) is 181 Å². The Hall–Kier alpha value is -5.56. The molecule has 0 N–H and O–H groups in total. The summed E-state index contributed by atoms with van der Waals surface area (Å²) < 4.78 is 0. The van der Waals surface area contributed by atoms with Gasteiger partial charge in [-0.3, -0.25) is 11.8 Å². The molecule has 0 fully saturated rings. The van der Waals surface area contributed by atoms with Crippen LogP contribution >= 0.6 is 15.8 Å². The fourth-order valence-corrected chi connectivity index (χ4v) is 13.8. The molecule has 0 atom stereocenters. The molecule has 4 heteroatoms. The summed E-state index contributed by atoms with van der Waals surface area (Å²) in [6, 6.07) is 85.8. The molecule has 0 radical (unpaired) electrons. The van der Waals surface area contributed by atoms with Crippen LogP contribution in [0.3, 0.4) is 0 Å². The predicted octanol–water partition coefficient (Wildman–Crippen LogP) is 11.4. The minimum absolute atomic E-state index is 0. The summed E-state index contributed by atoms with van der Waals surface area (Å²) in [6.07, 6.45) is 14.4. The first-order chi connectivity index (χ1) is 29.7. The van der Waals surface area contributed by atoms with E-state index in [4.69, 9.17) is 12.8 Å². The van der Waals surface area contributed by atoms with Crippen LogP contribution in [0.1, 0.15) is 11.1 Å². The Morgan fingerprint density at radius 1 is 0.274 bits per heavy atom. The molecule has 0 saturated carbocycles. The quantitative estimate of drug-likeness (QED) is 0.0512. The van der Waals surface area contributed by atoms with E-state index in [1.165, 1.54) is 42.6 Å². The molecule has 0 amide bonds. The Kier molecular flexibility index (Phi) is 17.1. The van der Waals surface area contributed by atoms with Crippen molar-refractivity contribution in [3.63, 3.8) is 0 Å². The van der Waals surface area contributed by atoms with Crippen LogP contribution in [-0.2, 0) is 44.8 Å². The van der Waals surface area contributed by atoms with Crippen molar-refractivity contribution in [2.24, 2.45) is 0 Å². The van der Waals surface area contributed by atoms with Crippen LogP contribution < -0.4 is 31.8 Å². The van der Waals surface area contributed by atoms with Crippen LogP contribution in [0, 0.1) is 24.7 Å². The molecular weight excluding hydrogens is 1150 g/mol. The Bertz CT molecular complexity index is 2880. The van der Waals surface area contributed by atoms with E-state index in [0.29, 0.717) is 0 Å². The number of benzene rings is 10. The molecule has 10 aromatic rings. The SMILES string of the molecule is [Au+].[Au+].[C-]#Cc1cc2ccccc2c2ccccc12.[C-]#Cc1cccc2ccccc12.c1ccc([PH+](c2ccccc2)c2ccccc2[PH+](c2ccccc2)c2ccccc2)cc1. The van der Waals surface area contributed by atoms with Gasteiger partial charge in [-0.25, -0.2) is 0 Å². The van der Waals surface area contributed by atoms with Crippen molar-refractivity contribution < 1.29 is 44.8 Å². The fraction of sp³-hybridized carbons (Fsp3) is 0. The first-order valence-electron chi connectivity index (χ1n) is 20.0. The maximum absolute atomic E-state index is 7.35. The van der Waals surface area contributed by atoms with Crippen molar-refractivity contribution in [2.75, 3.05) is 0 Å². The van der Waals surface area contributed by atoms with E-state index in [1.54, 1.807) is 0 Å². The molecule has 0 spiro atoms. The molecule has 0 saturated heterocycles. The summed E-state index contributed by atoms with van der Waals surface area (Å²) in [6.45, 7) is 0. The molecule has 0 aliphatic rings. The Labute approximate surface area is 400 Å². The van der Waals surface area contributed by atoms with Crippen molar-refractivity contribution in [3.8, 4) is 11.8 Å². The van der Waals surface area contributed by atoms with E-state index in [1.807, 2.05) is 78.9 Å². The van der Waals surface area contributed by atoms with Gasteiger partial charge in [-0.05, 0) is 82.2 Å². The van der Waals surface area contributed by atoms with Crippen LogP contribution in [0.4, 0.5) is 0 Å². The standard InChI is InChI=1S/C30H24P2.C16H9.C12H7.2Au/c1-5-15-25(16-6-1)31(26-17-7-2-8-18-26)29-23-13-14-24-30(29)32(27-19-9-3-10-20-27)28-21-11-4-12-22-28;1-2-12-11-13-7-3-4-9-15(13)16-10-6-5-8-14(12)16;1-2-10-7-5-8-11-6-3-4-9-12(10)11;;/h1-24H;3-11H;3-9H;;/q;2*-1;2*+1/p+2. The summed E-state index contributed by atoms with van der Waals surface area (Å²) in [7, 11) is -2.28. The molecule has 0 aliphatic heterocycles. The first-order valence-corrected chi connectivity index (χ1v) is 23.0. The molecular formula is C58H42Au2P2+2. The van der Waals surface area contributed by atoms with E-state index in [0.717, 1.165) is 32.7 Å². The van der Waals surface area contributed by atoms with E-state index in [9.17, 15) is 0 Å². The van der Waals surface area contributed by atoms with Gasteiger partial charge in [0.1, 0.15) is 47.7 Å². The Balaban J connectivity index is 0.000000177. The molecule has 10 aromatic carbocycles. The van der Waals surface area contributed by atoms with Crippen molar-refractivity contribution in [3.05, 3.63) is 267 Å². The normalized spacial score (nSPS) is 10.3. The van der Waals surface area contributed by atoms with Gasteiger partial charge in [0.05, 0.1) is 0 Å². The zero-order valence-corrected chi connectivity index (χ0v) is 40.0. The van der Waals surface area contributed by atoms with Crippen molar-refractivity contribution in [2.45, 2.75) is 0 Å². The van der Waals surface area contributed by atoms with Gasteiger partial charge in [0, 0.05) is 0 Å². The third-order valence-corrected chi connectivity index (χ3v) is 16.4. The van der Waals surface area contributed by atoms with Crippen LogP contribution in [0.5, 0.6) is 0 Å². The minimum Gasteiger partial charge on any atom is -0.366 e. The molecule has 10 rings (SSSR count). The molecule has 62 heavy (non-hydrogen) atoms. The summed E-state index contributed by atoms with van der Waals surface area (Å²) >= 11 is 0. The Morgan fingerprint density at radius 3 is 1.06 bits per heavy atom. The second-order valence-electron chi connectivity index (χ2n) is 14.2. The van der Waals surface area contributed by atoms with E-state index >= 15 is 0 Å². The largest absolute Gasteiger partial charge is 1.00 e. The monoisotopic (exact) mass is 1190 g/mol. The van der Waals surface area contributed by atoms with Crippen LogP contribution in [0.15, 0.2) is 243 Å². The van der Waals surface area contributed by atoms with E-state index in [-0.39, 0.29) is 44.8 Å². The molecule has 0 unspecified atom stereocenters. The third-order valence-electron chi connectivity index (χ3n) is 10.5. The Morgan fingerprint density at radius 2 is 0.613 bits per heavy atom. The second kappa shape index (κ2) is 23.0. The zero-order valence-electron chi connectivity index (χ0n) is 33.7. The number of hydrogen-bond acceptors (Lipinski definition) is 0. The molecule has 0 heterocycles. The van der Waals surface area contributed by atoms with Crippen LogP contribution in [-0.4, -0.2) is 0 Å². The average Bonchev–Trinajstić information content (AvgIpc) is 3.33. The molecule has 0 aromatic heterocycles. The van der Waals surface area contributed by atoms with Gasteiger partial charge in [0.2, 0.25) is 0 Å². The summed E-state index contributed by atoms with van der Waals surface area (Å²) in [5, 5.41) is 15.6. The maximum Gasteiger partial charge on any atom is 1.00 e. The second-order valence-corrected chi connectivity index (χ2v) is 19.1. The smallest absolute Gasteiger partial charge is 0.366 e. The van der Waals surface area contributed by atoms with Gasteiger partial charge in [0.25, 0.3) is 0 Å². The van der Waals surface area contributed by atoms with Gasteiger partial charge in [0.15, 0.2) is 0 Å². The zero-order chi connectivity index (χ0) is 40.9. The summed E-state index contributed by atoms with van der Waals surface area (Å²) in [5.74, 6) is 4.93. The summed E-state index contributed by atoms with van der Waals surface area (Å²) in [5.41, 5.74) is 1.71. The van der Waals surface area contributed by atoms with Gasteiger partial charge >= 0.3 is 44.8 Å². The topological polar surface area (TPSA) is 0 Å². The van der Waals surface area contributed by atoms with Gasteiger partial charge < -0.3 is 12.8 Å². The van der Waals surface area contributed by atoms with E-state index < -0.39 is 15.8 Å². The average molecular weight is 1190 g/mol. The number of hydrogen-bond donors (Lipinski definition) is 0. The van der Waals surface area contributed by atoms with Crippen molar-refractivity contribution in [1.82, 2.24) is 0 Å². The summed E-state index contributed by atoms with van der Waals surface area (Å²) in [4.78, 5) is 0. The van der Waals surface area contributed by atoms with Crippen LogP contribution in [0.25, 0.3) is 32.3 Å². The molecule has 0 nitrogen and oxygen atoms in total. The van der Waals surface area contributed by atoms with Crippen molar-refractivity contribution >= 4 is 80.0 Å². The molecule has 304 valence electrons. The van der Waals surface area contributed by atoms with Gasteiger partial charge in [-0.15, -0.1) is 23.3 Å². The number of rotatable bonds is 6. The third kappa shape index (κ3) is 10.7. The first kappa shape index (κ1) is 46.0. The van der Waals surface area contributed by atoms with Crippen LogP contribution in [0.2, 0.25) is 0 Å². The minimum atomic E-state index is -1.14. The fourth-order valence-electron chi connectivity index (χ4n) is 7.79. The number of fused-ring (bicyclic) bond motifs is 4. The molecule has 0 bridgehead atoms. The maximum atomic E-state index is 7.35. The van der Waals surface area contributed by atoms with E-state index in [2.05, 4.69) is 176 Å². The van der Waals surface area contributed by atoms with Gasteiger partial charge in [-0.2, -0.15) is 0 Å². The van der Waals surface area contributed by atoms with Crippen molar-refractivity contribution in [1.29, 1.82) is 0 Å². The molecule has 0 aliphatic carbocycles.